The summed E-state index contributed by atoms with van der Waals surface area (Å²) in [6.45, 7) is 0. The van der Waals surface area contributed by atoms with Crippen molar-refractivity contribution in [3.8, 4) is 112 Å². The first-order valence-corrected chi connectivity index (χ1v) is 31.8. The van der Waals surface area contributed by atoms with Gasteiger partial charge in [0, 0.05) is 44.0 Å². The summed E-state index contributed by atoms with van der Waals surface area (Å²) in [6.07, 6.45) is 0. The molecule has 0 radical (unpaired) electrons. The number of para-hydroxylation sites is 2. The zero-order valence-electron chi connectivity index (χ0n) is 49.8. The summed E-state index contributed by atoms with van der Waals surface area (Å²) >= 11 is 0. The smallest absolute Gasteiger partial charge is 0.160 e. The summed E-state index contributed by atoms with van der Waals surface area (Å²) in [5.74, 6) is 0.638. The highest BCUT2D eigenvalue weighted by Gasteiger charge is 2.53. The molecule has 3 aromatic heterocycles. The van der Waals surface area contributed by atoms with Crippen molar-refractivity contribution in [2.24, 2.45) is 0 Å². The van der Waals surface area contributed by atoms with E-state index in [-0.39, 0.29) is 0 Å². The standard InChI is InChI=1S/C88H52N4/c1-15-31-80-53(17-1)43-47-82(89-80)55-33-37-57(38-34-55)84-71-50-61(59-41-45-68-66-23-7-13-29-76(66)87(78(68)51-59)72-25-9-3-19-62(72)63-20-4-10-26-73(63)87)49-70(85(71)92-86(91-84)58-39-35-56(36-40-58)83-48-44-54-18-2-16-32-81(54)90-83)60-42-46-69-67-24-8-14-30-77(67)88(79(69)52-60)74-27-11-5-21-64(74)65-22-6-12-28-75(65)88/h1-52H. The van der Waals surface area contributed by atoms with Crippen LogP contribution in [0.3, 0.4) is 0 Å². The number of fused-ring (bicyclic) bond motifs is 23. The SMILES string of the molecule is c1ccc2c(c1)-c1ccccc1C21c2ccccc2-c2ccc(-c3cc(-c4ccc5c(c4)C4(c6ccccc6-c6ccccc64)c4ccccc4-5)c4nc(-c5ccc(-c6ccc7ccccc7n6)cc5)nc(-c5ccc(-c6ccc7ccccc7n6)cc5)c4c3)cc21. The molecule has 20 rings (SSSR count). The maximum atomic E-state index is 5.83. The fraction of sp³-hybridized carbons (Fsp3) is 0.0227. The van der Waals surface area contributed by atoms with Crippen LogP contribution >= 0.6 is 0 Å². The normalized spacial score (nSPS) is 13.6. The predicted molar refractivity (Wildman–Crippen MR) is 375 cm³/mol. The van der Waals surface area contributed by atoms with E-state index >= 15 is 0 Å². The zero-order valence-corrected chi connectivity index (χ0v) is 49.8. The molecule has 4 heteroatoms. The van der Waals surface area contributed by atoms with Crippen LogP contribution in [0.5, 0.6) is 0 Å². The Labute approximate surface area is 532 Å². The zero-order chi connectivity index (χ0) is 60.2. The van der Waals surface area contributed by atoms with Crippen molar-refractivity contribution >= 4 is 32.7 Å². The molecule has 3 heterocycles. The first-order chi connectivity index (χ1) is 45.6. The molecule has 0 saturated heterocycles. The van der Waals surface area contributed by atoms with Gasteiger partial charge in [0.1, 0.15) is 0 Å². The highest BCUT2D eigenvalue weighted by atomic mass is 14.9. The lowest BCUT2D eigenvalue weighted by Gasteiger charge is -2.31. The highest BCUT2D eigenvalue weighted by Crippen LogP contribution is 2.65. The highest BCUT2D eigenvalue weighted by molar-refractivity contribution is 6.07. The molecule has 0 saturated carbocycles. The van der Waals surface area contributed by atoms with Gasteiger partial charge >= 0.3 is 0 Å². The van der Waals surface area contributed by atoms with Gasteiger partial charge in [-0.15, -0.1) is 0 Å². The number of hydrogen-bond acceptors (Lipinski definition) is 4. The first-order valence-electron chi connectivity index (χ1n) is 31.8. The van der Waals surface area contributed by atoms with Gasteiger partial charge in [-0.3, -0.25) is 0 Å². The van der Waals surface area contributed by atoms with Crippen molar-refractivity contribution in [1.82, 2.24) is 19.9 Å². The van der Waals surface area contributed by atoms with Crippen LogP contribution in [0.4, 0.5) is 0 Å². The van der Waals surface area contributed by atoms with Crippen LogP contribution in [0, 0.1) is 0 Å². The molecule has 424 valence electrons. The molecule has 0 amide bonds. The van der Waals surface area contributed by atoms with Crippen molar-refractivity contribution in [1.29, 1.82) is 0 Å². The molecule has 13 aromatic carbocycles. The number of pyridine rings is 2. The number of hydrogen-bond donors (Lipinski definition) is 0. The van der Waals surface area contributed by atoms with Crippen LogP contribution in [0.1, 0.15) is 44.5 Å². The van der Waals surface area contributed by atoms with Crippen molar-refractivity contribution in [2.45, 2.75) is 10.8 Å². The second kappa shape index (κ2) is 19.3. The van der Waals surface area contributed by atoms with E-state index in [1.165, 1.54) is 89.0 Å². The molecule has 16 aromatic rings. The topological polar surface area (TPSA) is 51.6 Å². The molecular weight excluding hydrogens is 1110 g/mol. The van der Waals surface area contributed by atoms with Crippen molar-refractivity contribution in [2.75, 3.05) is 0 Å². The Bertz CT molecular complexity index is 5710. The van der Waals surface area contributed by atoms with E-state index in [0.29, 0.717) is 5.82 Å². The Morgan fingerprint density at radius 2 is 0.565 bits per heavy atom. The summed E-state index contributed by atoms with van der Waals surface area (Å²) in [6, 6.07) is 116. The van der Waals surface area contributed by atoms with Crippen LogP contribution < -0.4 is 0 Å². The van der Waals surface area contributed by atoms with Gasteiger partial charge in [0.05, 0.1) is 44.5 Å². The summed E-state index contributed by atoms with van der Waals surface area (Å²) in [7, 11) is 0. The minimum Gasteiger partial charge on any atom is -0.248 e. The molecule has 0 N–H and O–H groups in total. The van der Waals surface area contributed by atoms with Gasteiger partial charge in [-0.1, -0.05) is 267 Å². The average molecular weight is 1170 g/mol. The number of aromatic nitrogens is 4. The van der Waals surface area contributed by atoms with Crippen LogP contribution in [0.25, 0.3) is 145 Å². The lowest BCUT2D eigenvalue weighted by molar-refractivity contribution is 0.794. The lowest BCUT2D eigenvalue weighted by Crippen LogP contribution is -2.25. The van der Waals surface area contributed by atoms with E-state index in [9.17, 15) is 0 Å². The van der Waals surface area contributed by atoms with Crippen LogP contribution in [-0.4, -0.2) is 19.9 Å². The van der Waals surface area contributed by atoms with Gasteiger partial charge in [-0.05, 0) is 154 Å². The minimum atomic E-state index is -0.547. The molecule has 92 heavy (non-hydrogen) atoms. The van der Waals surface area contributed by atoms with Gasteiger partial charge in [0.2, 0.25) is 0 Å². The van der Waals surface area contributed by atoms with Crippen molar-refractivity contribution in [3.63, 3.8) is 0 Å². The van der Waals surface area contributed by atoms with E-state index in [0.717, 1.165) is 94.3 Å². The molecule has 0 atom stereocenters. The van der Waals surface area contributed by atoms with Crippen LogP contribution in [-0.2, 0) is 10.8 Å². The van der Waals surface area contributed by atoms with E-state index in [1.54, 1.807) is 0 Å². The fourth-order valence-corrected chi connectivity index (χ4v) is 16.5. The monoisotopic (exact) mass is 1160 g/mol. The van der Waals surface area contributed by atoms with Gasteiger partial charge in [0.15, 0.2) is 5.82 Å². The molecule has 2 spiro atoms. The van der Waals surface area contributed by atoms with Crippen molar-refractivity contribution in [3.05, 3.63) is 360 Å². The number of rotatable bonds is 6. The Morgan fingerprint density at radius 3 is 1.02 bits per heavy atom. The third-order valence-electron chi connectivity index (χ3n) is 20.5. The maximum Gasteiger partial charge on any atom is 0.160 e. The van der Waals surface area contributed by atoms with Crippen molar-refractivity contribution < 1.29 is 0 Å². The molecule has 0 unspecified atom stereocenters. The van der Waals surface area contributed by atoms with E-state index in [2.05, 4.69) is 309 Å². The second-order valence-electron chi connectivity index (χ2n) is 25.0. The molecular formula is C88H52N4. The fourth-order valence-electron chi connectivity index (χ4n) is 16.5. The molecule has 4 nitrogen and oxygen atoms in total. The Morgan fingerprint density at radius 1 is 0.207 bits per heavy atom. The summed E-state index contributed by atoms with van der Waals surface area (Å²) in [5, 5.41) is 3.19. The lowest BCUT2D eigenvalue weighted by atomic mass is 9.70. The maximum absolute atomic E-state index is 5.83. The third-order valence-corrected chi connectivity index (χ3v) is 20.5. The molecule has 0 fully saturated rings. The van der Waals surface area contributed by atoms with Crippen LogP contribution in [0.2, 0.25) is 0 Å². The summed E-state index contributed by atoms with van der Waals surface area (Å²) in [4.78, 5) is 21.8. The Hall–Kier alpha value is -12.0. The van der Waals surface area contributed by atoms with Gasteiger partial charge in [0.25, 0.3) is 0 Å². The van der Waals surface area contributed by atoms with Gasteiger partial charge < -0.3 is 0 Å². The van der Waals surface area contributed by atoms with E-state index in [4.69, 9.17) is 19.9 Å². The minimum absolute atomic E-state index is 0.517. The number of nitrogens with zero attached hydrogens (tertiary/aromatic N) is 4. The first kappa shape index (κ1) is 51.0. The summed E-state index contributed by atoms with van der Waals surface area (Å²) in [5.41, 5.74) is 33.3. The molecule has 4 aliphatic carbocycles. The second-order valence-corrected chi connectivity index (χ2v) is 25.0. The van der Waals surface area contributed by atoms with Crippen LogP contribution in [0.15, 0.2) is 315 Å². The third kappa shape index (κ3) is 7.06. The largest absolute Gasteiger partial charge is 0.248 e. The molecule has 0 bridgehead atoms. The number of benzene rings is 13. The van der Waals surface area contributed by atoms with Gasteiger partial charge in [-0.2, -0.15) is 0 Å². The van der Waals surface area contributed by atoms with E-state index in [1.807, 2.05) is 6.07 Å². The van der Waals surface area contributed by atoms with E-state index < -0.39 is 10.8 Å². The molecule has 0 aliphatic heterocycles. The Balaban J connectivity index is 0.850. The molecule has 4 aliphatic rings. The predicted octanol–water partition coefficient (Wildman–Crippen LogP) is 21.4. The quantitative estimate of drug-likeness (QED) is 0.166. The van der Waals surface area contributed by atoms with Gasteiger partial charge in [-0.25, -0.2) is 19.9 Å². The Kier molecular flexibility index (Phi) is 10.7. The average Bonchev–Trinajstić information content (AvgIpc) is 1.52. The summed E-state index contributed by atoms with van der Waals surface area (Å²) < 4.78 is 0.